The van der Waals surface area contributed by atoms with Crippen LogP contribution in [0.15, 0.2) is 5.38 Å². The van der Waals surface area contributed by atoms with E-state index in [2.05, 4.69) is 21.7 Å². The standard InChI is InChI=1S/C11H19N3OS/c1-3-13-4-6-14(7-5-13)11-12-10(8-16-11)9(2)15/h8-9,15H,3-7H2,1-2H3. The van der Waals surface area contributed by atoms with Gasteiger partial charge < -0.3 is 14.9 Å². The third kappa shape index (κ3) is 2.53. The first-order valence-corrected chi connectivity index (χ1v) is 6.69. The van der Waals surface area contributed by atoms with E-state index >= 15 is 0 Å². The molecule has 0 radical (unpaired) electrons. The normalized spacial score (nSPS) is 20.1. The number of aliphatic hydroxyl groups excluding tert-OH is 1. The van der Waals surface area contributed by atoms with Gasteiger partial charge in [-0.15, -0.1) is 11.3 Å². The number of thiazole rings is 1. The monoisotopic (exact) mass is 241 g/mol. The highest BCUT2D eigenvalue weighted by atomic mass is 32.1. The van der Waals surface area contributed by atoms with Gasteiger partial charge >= 0.3 is 0 Å². The van der Waals surface area contributed by atoms with Crippen LogP contribution in [-0.4, -0.2) is 47.7 Å². The Morgan fingerprint density at radius 2 is 2.12 bits per heavy atom. The molecule has 1 N–H and O–H groups in total. The number of rotatable bonds is 3. The predicted octanol–water partition coefficient (Wildman–Crippen LogP) is 1.34. The fourth-order valence-electron chi connectivity index (χ4n) is 1.87. The van der Waals surface area contributed by atoms with Gasteiger partial charge in [0.1, 0.15) is 0 Å². The topological polar surface area (TPSA) is 39.6 Å². The molecule has 4 nitrogen and oxygen atoms in total. The molecule has 0 saturated carbocycles. The molecule has 0 spiro atoms. The predicted molar refractivity (Wildman–Crippen MR) is 67.1 cm³/mol. The number of likely N-dealkylation sites (N-methyl/N-ethyl adjacent to an activating group) is 1. The summed E-state index contributed by atoms with van der Waals surface area (Å²) in [7, 11) is 0. The number of nitrogens with zero attached hydrogens (tertiary/aromatic N) is 3. The summed E-state index contributed by atoms with van der Waals surface area (Å²) in [4.78, 5) is 9.21. The molecular weight excluding hydrogens is 222 g/mol. The van der Waals surface area contributed by atoms with E-state index in [1.165, 1.54) is 0 Å². The molecule has 1 aliphatic heterocycles. The van der Waals surface area contributed by atoms with Gasteiger partial charge in [-0.2, -0.15) is 0 Å². The number of hydrogen-bond donors (Lipinski definition) is 1. The van der Waals surface area contributed by atoms with Gasteiger partial charge in [0, 0.05) is 31.6 Å². The Labute approximate surface area is 101 Å². The second kappa shape index (κ2) is 5.12. The quantitative estimate of drug-likeness (QED) is 0.867. The summed E-state index contributed by atoms with van der Waals surface area (Å²) in [5, 5.41) is 12.4. The van der Waals surface area contributed by atoms with E-state index in [9.17, 15) is 5.11 Å². The van der Waals surface area contributed by atoms with E-state index in [1.807, 2.05) is 5.38 Å². The summed E-state index contributed by atoms with van der Waals surface area (Å²) < 4.78 is 0. The lowest BCUT2D eigenvalue weighted by Gasteiger charge is -2.33. The zero-order chi connectivity index (χ0) is 11.5. The molecule has 90 valence electrons. The Bertz CT molecular complexity index is 332. The van der Waals surface area contributed by atoms with Crippen molar-refractivity contribution in [3.63, 3.8) is 0 Å². The Kier molecular flexibility index (Phi) is 3.78. The van der Waals surface area contributed by atoms with Gasteiger partial charge in [0.25, 0.3) is 0 Å². The van der Waals surface area contributed by atoms with E-state index in [0.29, 0.717) is 0 Å². The van der Waals surface area contributed by atoms with E-state index in [4.69, 9.17) is 0 Å². The maximum atomic E-state index is 9.43. The molecule has 2 rings (SSSR count). The van der Waals surface area contributed by atoms with Crippen LogP contribution in [0.5, 0.6) is 0 Å². The smallest absolute Gasteiger partial charge is 0.185 e. The van der Waals surface area contributed by atoms with Crippen molar-refractivity contribution in [2.24, 2.45) is 0 Å². The molecule has 1 aromatic heterocycles. The van der Waals surface area contributed by atoms with Crippen LogP contribution < -0.4 is 4.90 Å². The highest BCUT2D eigenvalue weighted by Crippen LogP contribution is 2.24. The molecule has 5 heteroatoms. The second-order valence-electron chi connectivity index (χ2n) is 4.15. The SMILES string of the molecule is CCN1CCN(c2nc(C(C)O)cs2)CC1. The number of anilines is 1. The average Bonchev–Trinajstić information content (AvgIpc) is 2.78. The molecular formula is C11H19N3OS. The van der Waals surface area contributed by atoms with E-state index < -0.39 is 6.10 Å². The maximum absolute atomic E-state index is 9.43. The van der Waals surface area contributed by atoms with Crippen LogP contribution >= 0.6 is 11.3 Å². The Morgan fingerprint density at radius 1 is 1.44 bits per heavy atom. The van der Waals surface area contributed by atoms with Crippen LogP contribution in [0.4, 0.5) is 5.13 Å². The van der Waals surface area contributed by atoms with Crippen LogP contribution in [0.25, 0.3) is 0 Å². The van der Waals surface area contributed by atoms with Crippen molar-refractivity contribution in [3.05, 3.63) is 11.1 Å². The van der Waals surface area contributed by atoms with Crippen molar-refractivity contribution in [3.8, 4) is 0 Å². The lowest BCUT2D eigenvalue weighted by molar-refractivity contribution is 0.195. The molecule has 1 aliphatic rings. The van der Waals surface area contributed by atoms with E-state index in [-0.39, 0.29) is 0 Å². The highest BCUT2D eigenvalue weighted by molar-refractivity contribution is 7.13. The summed E-state index contributed by atoms with van der Waals surface area (Å²) in [6.07, 6.45) is -0.457. The number of piperazine rings is 1. The number of aromatic nitrogens is 1. The van der Waals surface area contributed by atoms with Crippen LogP contribution in [0.1, 0.15) is 25.6 Å². The van der Waals surface area contributed by atoms with Gasteiger partial charge in [-0.25, -0.2) is 4.98 Å². The second-order valence-corrected chi connectivity index (χ2v) is 4.99. The lowest BCUT2D eigenvalue weighted by Crippen LogP contribution is -2.46. The van der Waals surface area contributed by atoms with Crippen molar-refractivity contribution in [1.82, 2.24) is 9.88 Å². The summed E-state index contributed by atoms with van der Waals surface area (Å²) in [5.41, 5.74) is 0.790. The first-order valence-electron chi connectivity index (χ1n) is 5.81. The maximum Gasteiger partial charge on any atom is 0.185 e. The van der Waals surface area contributed by atoms with Gasteiger partial charge in [0.05, 0.1) is 11.8 Å². The molecule has 1 fully saturated rings. The van der Waals surface area contributed by atoms with Crippen molar-refractivity contribution < 1.29 is 5.11 Å². The molecule has 0 aromatic carbocycles. The zero-order valence-electron chi connectivity index (χ0n) is 9.89. The minimum absolute atomic E-state index is 0.457. The number of aliphatic hydroxyl groups is 1. The van der Waals surface area contributed by atoms with E-state index in [1.54, 1.807) is 18.3 Å². The fourth-order valence-corrected chi connectivity index (χ4v) is 2.83. The summed E-state index contributed by atoms with van der Waals surface area (Å²) in [6, 6.07) is 0. The van der Waals surface area contributed by atoms with E-state index in [0.717, 1.165) is 43.5 Å². The van der Waals surface area contributed by atoms with Gasteiger partial charge in [-0.1, -0.05) is 6.92 Å². The van der Waals surface area contributed by atoms with Gasteiger partial charge in [-0.05, 0) is 13.5 Å². The minimum Gasteiger partial charge on any atom is -0.387 e. The zero-order valence-corrected chi connectivity index (χ0v) is 10.7. The van der Waals surface area contributed by atoms with Gasteiger partial charge in [0.2, 0.25) is 0 Å². The number of hydrogen-bond acceptors (Lipinski definition) is 5. The third-order valence-corrected chi connectivity index (χ3v) is 3.95. The van der Waals surface area contributed by atoms with Crippen molar-refractivity contribution in [2.75, 3.05) is 37.6 Å². The largest absolute Gasteiger partial charge is 0.387 e. The molecule has 0 bridgehead atoms. The minimum atomic E-state index is -0.457. The van der Waals surface area contributed by atoms with Crippen molar-refractivity contribution >= 4 is 16.5 Å². The molecule has 1 saturated heterocycles. The Balaban J connectivity index is 1.97. The first-order chi connectivity index (χ1) is 7.70. The van der Waals surface area contributed by atoms with Gasteiger partial charge in [0.15, 0.2) is 5.13 Å². The van der Waals surface area contributed by atoms with Crippen LogP contribution in [0, 0.1) is 0 Å². The van der Waals surface area contributed by atoms with Crippen molar-refractivity contribution in [1.29, 1.82) is 0 Å². The van der Waals surface area contributed by atoms with Crippen LogP contribution in [-0.2, 0) is 0 Å². The summed E-state index contributed by atoms with van der Waals surface area (Å²) in [6.45, 7) is 9.39. The molecule has 16 heavy (non-hydrogen) atoms. The molecule has 1 unspecified atom stereocenters. The van der Waals surface area contributed by atoms with Crippen LogP contribution in [0.3, 0.4) is 0 Å². The fraction of sp³-hybridized carbons (Fsp3) is 0.727. The Morgan fingerprint density at radius 3 is 2.62 bits per heavy atom. The van der Waals surface area contributed by atoms with Crippen LogP contribution in [0.2, 0.25) is 0 Å². The van der Waals surface area contributed by atoms with Crippen molar-refractivity contribution in [2.45, 2.75) is 20.0 Å². The first kappa shape index (κ1) is 11.8. The average molecular weight is 241 g/mol. The highest BCUT2D eigenvalue weighted by Gasteiger charge is 2.18. The molecule has 0 amide bonds. The Hall–Kier alpha value is -0.650. The third-order valence-electron chi connectivity index (χ3n) is 3.03. The molecule has 0 aliphatic carbocycles. The molecule has 1 aromatic rings. The summed E-state index contributed by atoms with van der Waals surface area (Å²) in [5.74, 6) is 0. The van der Waals surface area contributed by atoms with Gasteiger partial charge in [-0.3, -0.25) is 0 Å². The summed E-state index contributed by atoms with van der Waals surface area (Å²) >= 11 is 1.63. The molecule has 2 heterocycles. The molecule has 1 atom stereocenters. The lowest BCUT2D eigenvalue weighted by atomic mass is 10.3.